The van der Waals surface area contributed by atoms with E-state index in [-0.39, 0.29) is 11.8 Å². The Morgan fingerprint density at radius 2 is 2.00 bits per heavy atom. The molecule has 0 bridgehead atoms. The lowest BCUT2D eigenvalue weighted by atomic mass is 9.94. The molecule has 1 aliphatic heterocycles. The van der Waals surface area contributed by atoms with Gasteiger partial charge in [-0.3, -0.25) is 19.7 Å². The van der Waals surface area contributed by atoms with Crippen molar-refractivity contribution in [3.63, 3.8) is 0 Å². The summed E-state index contributed by atoms with van der Waals surface area (Å²) in [7, 11) is 0. The lowest BCUT2D eigenvalue weighted by Crippen LogP contribution is -2.39. The van der Waals surface area contributed by atoms with Crippen LogP contribution in [0.25, 0.3) is 0 Å². The molecule has 0 aromatic carbocycles. The van der Waals surface area contributed by atoms with Crippen LogP contribution < -0.4 is 0 Å². The van der Waals surface area contributed by atoms with Gasteiger partial charge in [0.25, 0.3) is 5.91 Å². The van der Waals surface area contributed by atoms with Gasteiger partial charge < -0.3 is 4.90 Å². The predicted molar refractivity (Wildman–Crippen MR) is 81.4 cm³/mol. The fraction of sp³-hybridized carbons (Fsp3) is 0.438. The molecule has 1 atom stereocenters. The first-order valence-corrected chi connectivity index (χ1v) is 7.50. The molecular formula is C16H19N5O. The van der Waals surface area contributed by atoms with Gasteiger partial charge in [-0.2, -0.15) is 0 Å². The van der Waals surface area contributed by atoms with Crippen LogP contribution in [0, 0.1) is 13.8 Å². The minimum absolute atomic E-state index is 0.0576. The third-order valence-corrected chi connectivity index (χ3v) is 3.90. The molecule has 1 aliphatic rings. The third kappa shape index (κ3) is 3.10. The molecular weight excluding hydrogens is 278 g/mol. The average molecular weight is 297 g/mol. The van der Waals surface area contributed by atoms with Crippen LogP contribution in [0.4, 0.5) is 0 Å². The Hall–Kier alpha value is -2.37. The van der Waals surface area contributed by atoms with Crippen LogP contribution >= 0.6 is 0 Å². The molecule has 0 N–H and O–H groups in total. The zero-order valence-electron chi connectivity index (χ0n) is 12.9. The van der Waals surface area contributed by atoms with E-state index in [1.807, 2.05) is 18.7 Å². The van der Waals surface area contributed by atoms with E-state index in [0.29, 0.717) is 12.2 Å². The van der Waals surface area contributed by atoms with Gasteiger partial charge in [-0.05, 0) is 26.7 Å². The largest absolute Gasteiger partial charge is 0.337 e. The molecule has 2 aromatic rings. The maximum atomic E-state index is 12.5. The Bertz CT molecular complexity index is 670. The number of piperidine rings is 1. The van der Waals surface area contributed by atoms with Crippen LogP contribution in [0.1, 0.15) is 46.3 Å². The molecule has 114 valence electrons. The number of amides is 1. The molecule has 0 radical (unpaired) electrons. The summed E-state index contributed by atoms with van der Waals surface area (Å²) in [4.78, 5) is 31.5. The molecule has 3 heterocycles. The molecule has 22 heavy (non-hydrogen) atoms. The summed E-state index contributed by atoms with van der Waals surface area (Å²) in [6.45, 7) is 5.20. The molecule has 0 spiro atoms. The van der Waals surface area contributed by atoms with Crippen molar-refractivity contribution in [3.8, 4) is 0 Å². The Kier molecular flexibility index (Phi) is 4.09. The molecule has 6 heteroatoms. The smallest absolute Gasteiger partial charge is 0.274 e. The lowest BCUT2D eigenvalue weighted by Gasteiger charge is -2.32. The van der Waals surface area contributed by atoms with E-state index in [1.54, 1.807) is 24.8 Å². The van der Waals surface area contributed by atoms with E-state index in [2.05, 4.69) is 19.9 Å². The molecule has 2 aromatic heterocycles. The Morgan fingerprint density at radius 1 is 1.14 bits per heavy atom. The summed E-state index contributed by atoms with van der Waals surface area (Å²) in [6, 6.07) is 0. The van der Waals surface area contributed by atoms with E-state index in [4.69, 9.17) is 0 Å². The molecule has 1 fully saturated rings. The number of nitrogens with zero attached hydrogens (tertiary/aromatic N) is 5. The highest BCUT2D eigenvalue weighted by atomic mass is 16.2. The van der Waals surface area contributed by atoms with Crippen molar-refractivity contribution in [2.24, 2.45) is 0 Å². The van der Waals surface area contributed by atoms with Gasteiger partial charge in [-0.15, -0.1) is 0 Å². The van der Waals surface area contributed by atoms with Crippen molar-refractivity contribution in [1.82, 2.24) is 24.8 Å². The number of carbonyl (C=O) groups is 1. The summed E-state index contributed by atoms with van der Waals surface area (Å²) >= 11 is 0. The molecule has 0 aliphatic carbocycles. The van der Waals surface area contributed by atoms with E-state index >= 15 is 0 Å². The lowest BCUT2D eigenvalue weighted by molar-refractivity contribution is 0.0699. The van der Waals surface area contributed by atoms with Gasteiger partial charge in [0.05, 0.1) is 23.3 Å². The van der Waals surface area contributed by atoms with Crippen molar-refractivity contribution < 1.29 is 4.79 Å². The maximum Gasteiger partial charge on any atom is 0.274 e. The summed E-state index contributed by atoms with van der Waals surface area (Å²) in [5.41, 5.74) is 3.09. The van der Waals surface area contributed by atoms with Gasteiger partial charge in [0, 0.05) is 37.6 Å². The fourth-order valence-electron chi connectivity index (χ4n) is 2.75. The monoisotopic (exact) mass is 297 g/mol. The number of rotatable bonds is 2. The number of carbonyl (C=O) groups excluding carboxylic acids is 1. The van der Waals surface area contributed by atoms with Crippen LogP contribution in [-0.2, 0) is 0 Å². The molecule has 1 amide bonds. The number of hydrogen-bond acceptors (Lipinski definition) is 5. The predicted octanol–water partition coefficient (Wildman–Crippen LogP) is 1.90. The van der Waals surface area contributed by atoms with Crippen molar-refractivity contribution in [2.75, 3.05) is 13.1 Å². The van der Waals surface area contributed by atoms with Gasteiger partial charge in [-0.1, -0.05) is 0 Å². The normalized spacial score (nSPS) is 18.3. The topological polar surface area (TPSA) is 71.9 Å². The summed E-state index contributed by atoms with van der Waals surface area (Å²) in [5.74, 6) is 0.182. The zero-order valence-corrected chi connectivity index (χ0v) is 12.9. The Balaban J connectivity index is 1.75. The molecule has 0 saturated carbocycles. The number of likely N-dealkylation sites (tertiary alicyclic amines) is 1. The fourth-order valence-corrected chi connectivity index (χ4v) is 2.75. The summed E-state index contributed by atoms with van der Waals surface area (Å²) in [5, 5.41) is 0. The van der Waals surface area contributed by atoms with Crippen LogP contribution in [0.3, 0.4) is 0 Å². The first-order chi connectivity index (χ1) is 10.6. The SMILES string of the molecule is Cc1cnc(C(=O)N2CCC[C@@H](c3cncc(C)n3)C2)cn1. The number of aromatic nitrogens is 4. The Labute approximate surface area is 129 Å². The molecule has 1 saturated heterocycles. The molecule has 3 rings (SSSR count). The summed E-state index contributed by atoms with van der Waals surface area (Å²) < 4.78 is 0. The standard InChI is InChI=1S/C16H19N5O/c1-11-7-19-15(9-18-11)16(22)21-5-3-4-13(10-21)14-8-17-6-12(2)20-14/h6-9,13H,3-5,10H2,1-2H3/t13-/m1/s1. The van der Waals surface area contributed by atoms with Crippen LogP contribution in [0.15, 0.2) is 24.8 Å². The quantitative estimate of drug-likeness (QED) is 0.846. The van der Waals surface area contributed by atoms with Crippen LogP contribution in [0.2, 0.25) is 0 Å². The second kappa shape index (κ2) is 6.17. The zero-order chi connectivity index (χ0) is 15.5. The Morgan fingerprint density at radius 3 is 2.73 bits per heavy atom. The van der Waals surface area contributed by atoms with Gasteiger partial charge in [0.2, 0.25) is 0 Å². The first-order valence-electron chi connectivity index (χ1n) is 7.50. The number of hydrogen-bond donors (Lipinski definition) is 0. The maximum absolute atomic E-state index is 12.5. The third-order valence-electron chi connectivity index (χ3n) is 3.90. The van der Waals surface area contributed by atoms with E-state index < -0.39 is 0 Å². The van der Waals surface area contributed by atoms with Gasteiger partial charge in [0.1, 0.15) is 5.69 Å². The highest BCUT2D eigenvalue weighted by Crippen LogP contribution is 2.26. The second-order valence-electron chi connectivity index (χ2n) is 5.72. The highest BCUT2D eigenvalue weighted by Gasteiger charge is 2.27. The molecule has 0 unspecified atom stereocenters. The second-order valence-corrected chi connectivity index (χ2v) is 5.72. The van der Waals surface area contributed by atoms with Crippen molar-refractivity contribution in [3.05, 3.63) is 47.6 Å². The van der Waals surface area contributed by atoms with E-state index in [0.717, 1.165) is 36.5 Å². The minimum Gasteiger partial charge on any atom is -0.337 e. The highest BCUT2D eigenvalue weighted by molar-refractivity contribution is 5.92. The van der Waals surface area contributed by atoms with E-state index in [9.17, 15) is 4.79 Å². The van der Waals surface area contributed by atoms with Crippen molar-refractivity contribution in [2.45, 2.75) is 32.6 Å². The average Bonchev–Trinajstić information content (AvgIpc) is 2.55. The van der Waals surface area contributed by atoms with Crippen molar-refractivity contribution in [1.29, 1.82) is 0 Å². The first kappa shape index (κ1) is 14.6. The van der Waals surface area contributed by atoms with Gasteiger partial charge >= 0.3 is 0 Å². The molecule has 6 nitrogen and oxygen atoms in total. The van der Waals surface area contributed by atoms with Gasteiger partial charge in [0.15, 0.2) is 0 Å². The van der Waals surface area contributed by atoms with Crippen LogP contribution in [0.5, 0.6) is 0 Å². The van der Waals surface area contributed by atoms with Crippen LogP contribution in [-0.4, -0.2) is 43.8 Å². The van der Waals surface area contributed by atoms with E-state index in [1.165, 1.54) is 0 Å². The number of aryl methyl sites for hydroxylation is 2. The summed E-state index contributed by atoms with van der Waals surface area (Å²) in [6.07, 6.45) is 8.72. The van der Waals surface area contributed by atoms with Crippen molar-refractivity contribution >= 4 is 5.91 Å². The minimum atomic E-state index is -0.0576. The van der Waals surface area contributed by atoms with Gasteiger partial charge in [-0.25, -0.2) is 4.98 Å².